The third kappa shape index (κ3) is 2.41. The van der Waals surface area contributed by atoms with Gasteiger partial charge >= 0.3 is 0 Å². The smallest absolute Gasteiger partial charge is 0.222 e. The Morgan fingerprint density at radius 1 is 1.53 bits per heavy atom. The van der Waals surface area contributed by atoms with Crippen molar-refractivity contribution in [3.63, 3.8) is 0 Å². The third-order valence-electron chi connectivity index (χ3n) is 2.94. The van der Waals surface area contributed by atoms with E-state index in [1.54, 1.807) is 0 Å². The second-order valence-corrected chi connectivity index (χ2v) is 4.45. The van der Waals surface area contributed by atoms with Crippen molar-refractivity contribution < 1.29 is 4.79 Å². The van der Waals surface area contributed by atoms with Gasteiger partial charge in [-0.15, -0.1) is 0 Å². The van der Waals surface area contributed by atoms with Gasteiger partial charge in [-0.3, -0.25) is 4.79 Å². The summed E-state index contributed by atoms with van der Waals surface area (Å²) in [6, 6.07) is 0. The van der Waals surface area contributed by atoms with Crippen LogP contribution >= 0.6 is 11.6 Å². The molecule has 1 atom stereocenters. The highest BCUT2D eigenvalue weighted by atomic mass is 35.5. The van der Waals surface area contributed by atoms with Gasteiger partial charge in [-0.25, -0.2) is 9.97 Å². The number of nitrogens with zero attached hydrogens (tertiary/aromatic N) is 3. The lowest BCUT2D eigenvalue weighted by Crippen LogP contribution is -2.41. The highest BCUT2D eigenvalue weighted by Gasteiger charge is 2.26. The molecule has 6 nitrogen and oxygen atoms in total. The topological polar surface area (TPSA) is 98.1 Å². The molecule has 0 bridgehead atoms. The number of carbonyl (C=O) groups is 1. The second-order valence-electron chi connectivity index (χ2n) is 4.09. The minimum absolute atomic E-state index is 0.156. The third-order valence-corrected chi connectivity index (χ3v) is 3.24. The Labute approximate surface area is 104 Å². The molecular weight excluding hydrogens is 242 g/mol. The summed E-state index contributed by atoms with van der Waals surface area (Å²) in [5.41, 5.74) is 11.5. The summed E-state index contributed by atoms with van der Waals surface area (Å²) in [5.74, 6) is 0.140. The van der Waals surface area contributed by atoms with Gasteiger partial charge in [0.25, 0.3) is 0 Å². The minimum Gasteiger partial charge on any atom is -0.393 e. The number of hydrogen-bond donors (Lipinski definition) is 2. The zero-order chi connectivity index (χ0) is 12.4. The summed E-state index contributed by atoms with van der Waals surface area (Å²) in [7, 11) is 0. The van der Waals surface area contributed by atoms with Crippen molar-refractivity contribution in [1.29, 1.82) is 0 Å². The van der Waals surface area contributed by atoms with Crippen LogP contribution < -0.4 is 16.4 Å². The number of amides is 1. The van der Waals surface area contributed by atoms with Gasteiger partial charge in [0.15, 0.2) is 11.0 Å². The molecule has 1 amide bonds. The average molecular weight is 256 g/mol. The number of carbonyl (C=O) groups excluding carboxylic acids is 1. The first-order valence-electron chi connectivity index (χ1n) is 5.40. The van der Waals surface area contributed by atoms with E-state index < -0.39 is 0 Å². The Morgan fingerprint density at radius 2 is 2.29 bits per heavy atom. The number of anilines is 2. The van der Waals surface area contributed by atoms with Crippen LogP contribution in [0.2, 0.25) is 5.15 Å². The van der Waals surface area contributed by atoms with Gasteiger partial charge in [-0.1, -0.05) is 11.6 Å². The maximum Gasteiger partial charge on any atom is 0.222 e. The van der Waals surface area contributed by atoms with Gasteiger partial charge < -0.3 is 16.4 Å². The molecule has 2 rings (SSSR count). The number of primary amides is 1. The summed E-state index contributed by atoms with van der Waals surface area (Å²) in [6.07, 6.45) is 3.06. The molecule has 0 aromatic carbocycles. The van der Waals surface area contributed by atoms with E-state index >= 15 is 0 Å². The predicted octanol–water partition coefficient (Wildman–Crippen LogP) is 0.414. The van der Waals surface area contributed by atoms with Crippen molar-refractivity contribution in [2.24, 2.45) is 11.7 Å². The van der Waals surface area contributed by atoms with E-state index in [0.717, 1.165) is 19.4 Å². The molecule has 1 aromatic heterocycles. The van der Waals surface area contributed by atoms with E-state index in [-0.39, 0.29) is 17.0 Å². The number of aromatic nitrogens is 2. The van der Waals surface area contributed by atoms with E-state index in [0.29, 0.717) is 18.1 Å². The molecule has 0 aliphatic carbocycles. The lowest BCUT2D eigenvalue weighted by atomic mass is 9.97. The molecule has 4 N–H and O–H groups in total. The van der Waals surface area contributed by atoms with Gasteiger partial charge in [-0.05, 0) is 12.8 Å². The fourth-order valence-electron chi connectivity index (χ4n) is 2.02. The van der Waals surface area contributed by atoms with Crippen LogP contribution in [0.5, 0.6) is 0 Å². The standard InChI is InChI=1S/C10H14ClN5O/c11-8-7(12)10(15-5-14-8)16-3-1-2-6(4-16)9(13)17/h5-6H,1-4,12H2,(H2,13,17). The predicted molar refractivity (Wildman–Crippen MR) is 65.6 cm³/mol. The van der Waals surface area contributed by atoms with Crippen LogP contribution in [0.3, 0.4) is 0 Å². The average Bonchev–Trinajstić information content (AvgIpc) is 2.33. The van der Waals surface area contributed by atoms with Gasteiger partial charge in [0.2, 0.25) is 5.91 Å². The van der Waals surface area contributed by atoms with Crippen molar-refractivity contribution >= 4 is 29.0 Å². The molecule has 2 heterocycles. The van der Waals surface area contributed by atoms with Crippen LogP contribution in [-0.2, 0) is 4.79 Å². The maximum atomic E-state index is 11.2. The number of rotatable bonds is 2. The van der Waals surface area contributed by atoms with Crippen LogP contribution in [0, 0.1) is 5.92 Å². The summed E-state index contributed by atoms with van der Waals surface area (Å²) in [5, 5.41) is 0.233. The van der Waals surface area contributed by atoms with Crippen LogP contribution in [0.15, 0.2) is 6.33 Å². The van der Waals surface area contributed by atoms with E-state index in [1.807, 2.05) is 4.90 Å². The van der Waals surface area contributed by atoms with Crippen molar-refractivity contribution in [3.05, 3.63) is 11.5 Å². The first-order valence-corrected chi connectivity index (χ1v) is 5.77. The van der Waals surface area contributed by atoms with Crippen LogP contribution in [0.25, 0.3) is 0 Å². The normalized spacial score (nSPS) is 20.3. The summed E-state index contributed by atoms with van der Waals surface area (Å²) in [6.45, 7) is 1.33. The van der Waals surface area contributed by atoms with E-state index in [1.165, 1.54) is 6.33 Å². The maximum absolute atomic E-state index is 11.2. The lowest BCUT2D eigenvalue weighted by molar-refractivity contribution is -0.122. The molecule has 1 fully saturated rings. The van der Waals surface area contributed by atoms with E-state index in [4.69, 9.17) is 23.1 Å². The monoisotopic (exact) mass is 255 g/mol. The van der Waals surface area contributed by atoms with Crippen molar-refractivity contribution in [1.82, 2.24) is 9.97 Å². The Kier molecular flexibility index (Phi) is 3.33. The molecule has 7 heteroatoms. The zero-order valence-corrected chi connectivity index (χ0v) is 10.0. The van der Waals surface area contributed by atoms with Gasteiger partial charge in [0, 0.05) is 13.1 Å². The SMILES string of the molecule is NC(=O)C1CCCN(c2ncnc(Cl)c2N)C1. The Hall–Kier alpha value is -1.56. The first-order chi connectivity index (χ1) is 8.09. The molecule has 17 heavy (non-hydrogen) atoms. The molecule has 92 valence electrons. The quantitative estimate of drug-likeness (QED) is 0.746. The molecule has 1 aliphatic rings. The van der Waals surface area contributed by atoms with E-state index in [9.17, 15) is 4.79 Å². The second kappa shape index (κ2) is 4.75. The molecule has 1 unspecified atom stereocenters. The van der Waals surface area contributed by atoms with Crippen molar-refractivity contribution in [2.45, 2.75) is 12.8 Å². The summed E-state index contributed by atoms with van der Waals surface area (Å²) in [4.78, 5) is 21.0. The fraction of sp³-hybridized carbons (Fsp3) is 0.500. The van der Waals surface area contributed by atoms with Crippen LogP contribution in [0.4, 0.5) is 11.5 Å². The van der Waals surface area contributed by atoms with Gasteiger partial charge in [-0.2, -0.15) is 0 Å². The fourth-order valence-corrected chi connectivity index (χ4v) is 2.15. The van der Waals surface area contributed by atoms with Crippen LogP contribution in [-0.4, -0.2) is 29.0 Å². The Morgan fingerprint density at radius 3 is 3.00 bits per heavy atom. The summed E-state index contributed by atoms with van der Waals surface area (Å²) < 4.78 is 0. The first kappa shape index (κ1) is 11.9. The van der Waals surface area contributed by atoms with Gasteiger partial charge in [0.1, 0.15) is 12.0 Å². The zero-order valence-electron chi connectivity index (χ0n) is 9.27. The molecule has 0 saturated carbocycles. The molecule has 1 aromatic rings. The number of nitrogens with two attached hydrogens (primary N) is 2. The molecular formula is C10H14ClN5O. The molecule has 0 radical (unpaired) electrons. The highest BCUT2D eigenvalue weighted by molar-refractivity contribution is 6.32. The number of nitrogen functional groups attached to an aromatic ring is 1. The number of hydrogen-bond acceptors (Lipinski definition) is 5. The Balaban J connectivity index is 2.22. The van der Waals surface area contributed by atoms with Crippen molar-refractivity contribution in [3.8, 4) is 0 Å². The number of piperidine rings is 1. The number of halogens is 1. The molecule has 1 saturated heterocycles. The highest BCUT2D eigenvalue weighted by Crippen LogP contribution is 2.29. The van der Waals surface area contributed by atoms with Crippen molar-refractivity contribution in [2.75, 3.05) is 23.7 Å². The van der Waals surface area contributed by atoms with E-state index in [2.05, 4.69) is 9.97 Å². The minimum atomic E-state index is -0.284. The lowest BCUT2D eigenvalue weighted by Gasteiger charge is -2.32. The Bertz CT molecular complexity index is 439. The van der Waals surface area contributed by atoms with Crippen LogP contribution in [0.1, 0.15) is 12.8 Å². The summed E-state index contributed by atoms with van der Waals surface area (Å²) >= 11 is 5.84. The molecule has 1 aliphatic heterocycles. The van der Waals surface area contributed by atoms with Gasteiger partial charge in [0.05, 0.1) is 5.92 Å². The largest absolute Gasteiger partial charge is 0.393 e. The molecule has 0 spiro atoms.